The lowest BCUT2D eigenvalue weighted by atomic mass is 10.1. The molecule has 0 aliphatic heterocycles. The van der Waals surface area contributed by atoms with E-state index in [2.05, 4.69) is 4.98 Å². The van der Waals surface area contributed by atoms with Crippen molar-refractivity contribution >= 4 is 11.6 Å². The molecule has 2 rings (SSSR count). The van der Waals surface area contributed by atoms with E-state index in [9.17, 15) is 0 Å². The minimum atomic E-state index is 0.756. The quantitative estimate of drug-likeness (QED) is 0.811. The van der Waals surface area contributed by atoms with Gasteiger partial charge in [-0.15, -0.1) is 0 Å². The summed E-state index contributed by atoms with van der Waals surface area (Å²) < 4.78 is 5.05. The van der Waals surface area contributed by atoms with Crippen LogP contribution in [0, 0.1) is 0 Å². The van der Waals surface area contributed by atoms with Crippen LogP contribution in [-0.2, 0) is 6.42 Å². The molecule has 1 aromatic carbocycles. The number of halogens is 1. The second-order valence-electron chi connectivity index (χ2n) is 3.50. The summed E-state index contributed by atoms with van der Waals surface area (Å²) in [6.45, 7) is 0. The van der Waals surface area contributed by atoms with Gasteiger partial charge in [-0.05, 0) is 29.8 Å². The normalized spacial score (nSPS) is 10.1. The van der Waals surface area contributed by atoms with E-state index >= 15 is 0 Å². The first-order valence-corrected chi connectivity index (χ1v) is 5.39. The minimum Gasteiger partial charge on any atom is -0.495 e. The average Bonchev–Trinajstić information content (AvgIpc) is 2.30. The number of benzene rings is 1. The molecule has 0 aliphatic rings. The first-order chi connectivity index (χ1) is 7.78. The molecule has 82 valence electrons. The van der Waals surface area contributed by atoms with E-state index in [1.807, 2.05) is 36.4 Å². The van der Waals surface area contributed by atoms with Crippen LogP contribution in [0.3, 0.4) is 0 Å². The van der Waals surface area contributed by atoms with Gasteiger partial charge in [0.2, 0.25) is 0 Å². The van der Waals surface area contributed by atoms with Crippen LogP contribution in [0.15, 0.2) is 42.6 Å². The zero-order valence-electron chi connectivity index (χ0n) is 8.98. The summed E-state index contributed by atoms with van der Waals surface area (Å²) in [5.41, 5.74) is 2.16. The van der Waals surface area contributed by atoms with Gasteiger partial charge in [0.25, 0.3) is 0 Å². The molecule has 0 N–H and O–H groups in total. The fourth-order valence-electron chi connectivity index (χ4n) is 1.49. The van der Waals surface area contributed by atoms with E-state index in [-0.39, 0.29) is 0 Å². The van der Waals surface area contributed by atoms with Crippen LogP contribution in [0.4, 0.5) is 0 Å². The highest BCUT2D eigenvalue weighted by Crippen LogP contribution is 2.15. The van der Waals surface area contributed by atoms with E-state index in [0.29, 0.717) is 0 Å². The average molecular weight is 234 g/mol. The molecule has 2 aromatic rings. The third-order valence-corrected chi connectivity index (χ3v) is 2.54. The third kappa shape index (κ3) is 2.74. The topological polar surface area (TPSA) is 22.1 Å². The smallest absolute Gasteiger partial charge is 0.137 e. The van der Waals surface area contributed by atoms with Crippen molar-refractivity contribution in [3.8, 4) is 5.75 Å². The van der Waals surface area contributed by atoms with Crippen LogP contribution in [0.5, 0.6) is 5.75 Å². The molecule has 0 aliphatic carbocycles. The number of rotatable bonds is 3. The van der Waals surface area contributed by atoms with E-state index in [1.165, 1.54) is 0 Å². The summed E-state index contributed by atoms with van der Waals surface area (Å²) >= 11 is 5.92. The zero-order valence-corrected chi connectivity index (χ0v) is 9.74. The Hall–Kier alpha value is -1.54. The molecule has 0 saturated carbocycles. The Morgan fingerprint density at radius 3 is 2.75 bits per heavy atom. The highest BCUT2D eigenvalue weighted by molar-refractivity contribution is 6.30. The number of aromatic nitrogens is 1. The predicted molar refractivity (Wildman–Crippen MR) is 65.0 cm³/mol. The second-order valence-corrected chi connectivity index (χ2v) is 3.93. The molecule has 1 aromatic heterocycles. The molecule has 0 unspecified atom stereocenters. The van der Waals surface area contributed by atoms with Gasteiger partial charge in [-0.1, -0.05) is 23.7 Å². The summed E-state index contributed by atoms with van der Waals surface area (Å²) in [6.07, 6.45) is 2.50. The van der Waals surface area contributed by atoms with Gasteiger partial charge >= 0.3 is 0 Å². The monoisotopic (exact) mass is 233 g/mol. The van der Waals surface area contributed by atoms with Gasteiger partial charge in [-0.25, -0.2) is 0 Å². The van der Waals surface area contributed by atoms with Crippen molar-refractivity contribution in [3.63, 3.8) is 0 Å². The Morgan fingerprint density at radius 1 is 1.25 bits per heavy atom. The standard InChI is InChI=1S/C13H12ClNO/c1-16-13-6-5-12(15-9-13)8-10-3-2-4-11(14)7-10/h2-7,9H,8H2,1H3. The van der Waals surface area contributed by atoms with Crippen LogP contribution < -0.4 is 4.74 Å². The first-order valence-electron chi connectivity index (χ1n) is 5.01. The summed E-state index contributed by atoms with van der Waals surface area (Å²) in [6, 6.07) is 11.7. The molecule has 0 atom stereocenters. The van der Waals surface area contributed by atoms with Crippen LogP contribution in [-0.4, -0.2) is 12.1 Å². The van der Waals surface area contributed by atoms with Gasteiger partial charge in [-0.2, -0.15) is 0 Å². The Bertz CT molecular complexity index is 468. The van der Waals surface area contributed by atoms with Crippen molar-refractivity contribution in [3.05, 3.63) is 58.9 Å². The number of pyridine rings is 1. The summed E-state index contributed by atoms with van der Waals surface area (Å²) in [5.74, 6) is 0.773. The van der Waals surface area contributed by atoms with Gasteiger partial charge in [0, 0.05) is 17.1 Å². The van der Waals surface area contributed by atoms with E-state index in [4.69, 9.17) is 16.3 Å². The summed E-state index contributed by atoms with van der Waals surface area (Å²) in [5, 5.41) is 0.756. The predicted octanol–water partition coefficient (Wildman–Crippen LogP) is 3.33. The molecule has 1 heterocycles. The van der Waals surface area contributed by atoms with Crippen molar-refractivity contribution < 1.29 is 4.74 Å². The maximum Gasteiger partial charge on any atom is 0.137 e. The Balaban J connectivity index is 2.14. The molecule has 0 spiro atoms. The third-order valence-electron chi connectivity index (χ3n) is 2.31. The molecule has 0 amide bonds. The lowest BCUT2D eigenvalue weighted by Gasteiger charge is -2.03. The molecule has 0 bridgehead atoms. The number of nitrogens with zero attached hydrogens (tertiary/aromatic N) is 1. The van der Waals surface area contributed by atoms with Crippen molar-refractivity contribution in [2.45, 2.75) is 6.42 Å². The second kappa shape index (κ2) is 4.99. The van der Waals surface area contributed by atoms with E-state index in [1.54, 1.807) is 13.3 Å². The fraction of sp³-hybridized carbons (Fsp3) is 0.154. The maximum atomic E-state index is 5.92. The van der Waals surface area contributed by atoms with E-state index in [0.717, 1.165) is 28.5 Å². The molecule has 0 fully saturated rings. The Labute approximate surface area is 99.9 Å². The van der Waals surface area contributed by atoms with Crippen molar-refractivity contribution in [2.24, 2.45) is 0 Å². The van der Waals surface area contributed by atoms with Crippen LogP contribution in [0.2, 0.25) is 5.02 Å². The molecule has 0 saturated heterocycles. The van der Waals surface area contributed by atoms with Crippen molar-refractivity contribution in [1.82, 2.24) is 4.98 Å². The van der Waals surface area contributed by atoms with Gasteiger partial charge in [0.05, 0.1) is 13.3 Å². The number of ether oxygens (including phenoxy) is 1. The first kappa shape index (κ1) is 11.0. The van der Waals surface area contributed by atoms with Crippen molar-refractivity contribution in [1.29, 1.82) is 0 Å². The number of methoxy groups -OCH3 is 1. The Kier molecular flexibility index (Phi) is 3.42. The molecular weight excluding hydrogens is 222 g/mol. The van der Waals surface area contributed by atoms with Crippen LogP contribution in [0.1, 0.15) is 11.3 Å². The Morgan fingerprint density at radius 2 is 2.12 bits per heavy atom. The highest BCUT2D eigenvalue weighted by Gasteiger charge is 1.99. The number of hydrogen-bond acceptors (Lipinski definition) is 2. The highest BCUT2D eigenvalue weighted by atomic mass is 35.5. The summed E-state index contributed by atoms with van der Waals surface area (Å²) in [4.78, 5) is 4.31. The van der Waals surface area contributed by atoms with Gasteiger partial charge < -0.3 is 4.74 Å². The molecular formula is C13H12ClNO. The fourth-order valence-corrected chi connectivity index (χ4v) is 1.71. The largest absolute Gasteiger partial charge is 0.495 e. The van der Waals surface area contributed by atoms with Crippen LogP contribution >= 0.6 is 11.6 Å². The zero-order chi connectivity index (χ0) is 11.4. The van der Waals surface area contributed by atoms with Crippen molar-refractivity contribution in [2.75, 3.05) is 7.11 Å². The minimum absolute atomic E-state index is 0.756. The number of hydrogen-bond donors (Lipinski definition) is 0. The van der Waals surface area contributed by atoms with Gasteiger partial charge in [-0.3, -0.25) is 4.98 Å². The molecule has 3 heteroatoms. The van der Waals surface area contributed by atoms with Gasteiger partial charge in [0.1, 0.15) is 5.75 Å². The molecule has 0 radical (unpaired) electrons. The van der Waals surface area contributed by atoms with Crippen LogP contribution in [0.25, 0.3) is 0 Å². The lowest BCUT2D eigenvalue weighted by Crippen LogP contribution is -1.92. The SMILES string of the molecule is COc1ccc(Cc2cccc(Cl)c2)nc1. The summed E-state index contributed by atoms with van der Waals surface area (Å²) in [7, 11) is 1.63. The van der Waals surface area contributed by atoms with Gasteiger partial charge in [0.15, 0.2) is 0 Å². The molecule has 2 nitrogen and oxygen atoms in total. The van der Waals surface area contributed by atoms with E-state index < -0.39 is 0 Å². The molecule has 16 heavy (non-hydrogen) atoms. The lowest BCUT2D eigenvalue weighted by molar-refractivity contribution is 0.412. The maximum absolute atomic E-state index is 5.92.